The topological polar surface area (TPSA) is 124 Å². The fourth-order valence-corrected chi connectivity index (χ4v) is 3.22. The Labute approximate surface area is 170 Å². The number of para-hydroxylation sites is 1. The molecule has 0 saturated heterocycles. The number of hydrogen-bond donors (Lipinski definition) is 2. The van der Waals surface area contributed by atoms with Crippen molar-refractivity contribution in [2.75, 3.05) is 5.73 Å². The summed E-state index contributed by atoms with van der Waals surface area (Å²) in [6.45, 7) is 1.89. The summed E-state index contributed by atoms with van der Waals surface area (Å²) in [6, 6.07) is 14.6. The van der Waals surface area contributed by atoms with Crippen LogP contribution in [-0.4, -0.2) is 30.5 Å². The van der Waals surface area contributed by atoms with Gasteiger partial charge in [-0.05, 0) is 36.8 Å². The summed E-state index contributed by atoms with van der Waals surface area (Å²) in [5.74, 6) is 0.554. The highest BCUT2D eigenvalue weighted by molar-refractivity contribution is 5.94. The van der Waals surface area contributed by atoms with Gasteiger partial charge in [-0.25, -0.2) is 9.97 Å². The molecule has 3 N–H and O–H groups in total. The molecule has 5 aromatic rings. The Bertz CT molecular complexity index is 1380. The lowest BCUT2D eigenvalue weighted by molar-refractivity contribution is 0.0935. The zero-order valence-electron chi connectivity index (χ0n) is 16.0. The summed E-state index contributed by atoms with van der Waals surface area (Å²) in [5, 5.41) is 8.22. The minimum Gasteiger partial charge on any atom is -0.461 e. The van der Waals surface area contributed by atoms with Crippen LogP contribution in [0.1, 0.15) is 29.0 Å². The molecule has 9 nitrogen and oxygen atoms in total. The molecule has 0 saturated carbocycles. The van der Waals surface area contributed by atoms with Crippen LogP contribution in [0.3, 0.4) is 0 Å². The summed E-state index contributed by atoms with van der Waals surface area (Å²) < 4.78 is 6.68. The van der Waals surface area contributed by atoms with Crippen molar-refractivity contribution in [1.29, 1.82) is 0 Å². The number of amides is 1. The van der Waals surface area contributed by atoms with E-state index in [1.165, 1.54) is 16.8 Å². The molecule has 30 heavy (non-hydrogen) atoms. The molecule has 0 bridgehead atoms. The van der Waals surface area contributed by atoms with Crippen molar-refractivity contribution >= 4 is 28.4 Å². The first kappa shape index (κ1) is 17.8. The zero-order valence-corrected chi connectivity index (χ0v) is 16.0. The van der Waals surface area contributed by atoms with Gasteiger partial charge in [0.05, 0.1) is 17.8 Å². The van der Waals surface area contributed by atoms with Crippen molar-refractivity contribution in [1.82, 2.24) is 29.9 Å². The van der Waals surface area contributed by atoms with E-state index in [2.05, 4.69) is 25.4 Å². The number of hydrogen-bond acceptors (Lipinski definition) is 7. The first-order valence-electron chi connectivity index (χ1n) is 9.31. The molecule has 0 radical (unpaired) electrons. The first-order chi connectivity index (χ1) is 14.6. The molecule has 0 aliphatic carbocycles. The predicted molar refractivity (Wildman–Crippen MR) is 111 cm³/mol. The molecule has 1 atom stereocenters. The minimum absolute atomic E-state index is 0.0583. The van der Waals surface area contributed by atoms with Gasteiger partial charge >= 0.3 is 0 Å². The van der Waals surface area contributed by atoms with Gasteiger partial charge in [-0.2, -0.15) is 4.52 Å². The minimum atomic E-state index is -0.368. The molecule has 4 heterocycles. The summed E-state index contributed by atoms with van der Waals surface area (Å²) >= 11 is 0. The van der Waals surface area contributed by atoms with Crippen LogP contribution < -0.4 is 11.1 Å². The van der Waals surface area contributed by atoms with Gasteiger partial charge in [-0.3, -0.25) is 9.78 Å². The Morgan fingerprint density at radius 2 is 2.03 bits per heavy atom. The highest BCUT2D eigenvalue weighted by Crippen LogP contribution is 2.20. The number of carbonyl (C=O) groups is 1. The lowest BCUT2D eigenvalue weighted by atomic mass is 10.1. The number of pyridine rings is 1. The highest BCUT2D eigenvalue weighted by Gasteiger charge is 2.18. The fraction of sp³-hybridized carbons (Fsp3) is 0.0952. The van der Waals surface area contributed by atoms with E-state index < -0.39 is 0 Å². The third kappa shape index (κ3) is 3.12. The van der Waals surface area contributed by atoms with Gasteiger partial charge in [-0.1, -0.05) is 18.2 Å². The molecular weight excluding hydrogens is 382 g/mol. The molecule has 1 aromatic carbocycles. The number of anilines is 1. The molecule has 148 valence electrons. The quantitative estimate of drug-likeness (QED) is 0.476. The number of fused-ring (bicyclic) bond motifs is 2. The van der Waals surface area contributed by atoms with Crippen molar-refractivity contribution in [3.05, 3.63) is 72.2 Å². The van der Waals surface area contributed by atoms with E-state index in [1.54, 1.807) is 18.3 Å². The van der Waals surface area contributed by atoms with Gasteiger partial charge in [0.1, 0.15) is 5.69 Å². The SMILES string of the molecule is CC(NC(=O)c1cc2nc(-c3ccco3)nn2c(N)n1)c1cnc2ccccc2c1. The summed E-state index contributed by atoms with van der Waals surface area (Å²) in [6.07, 6.45) is 3.29. The lowest BCUT2D eigenvalue weighted by Gasteiger charge is -2.14. The number of rotatable bonds is 4. The standard InChI is InChI=1S/C21H17N7O2/c1-12(14-9-13-5-2-3-6-15(13)23-11-14)24-20(29)16-10-18-26-19(17-7-4-8-30-17)27-28(18)21(22)25-16/h2-12H,1H3,(H2,22,25)(H,24,29). The maximum Gasteiger partial charge on any atom is 0.270 e. The third-order valence-corrected chi connectivity index (χ3v) is 4.78. The van der Waals surface area contributed by atoms with Crippen LogP contribution in [0.5, 0.6) is 0 Å². The molecule has 5 rings (SSSR count). The first-order valence-corrected chi connectivity index (χ1v) is 9.31. The van der Waals surface area contributed by atoms with Crippen molar-refractivity contribution in [3.63, 3.8) is 0 Å². The zero-order chi connectivity index (χ0) is 20.7. The molecular formula is C21H17N7O2. The van der Waals surface area contributed by atoms with Gasteiger partial charge in [0, 0.05) is 17.6 Å². The molecule has 1 amide bonds. The summed E-state index contributed by atoms with van der Waals surface area (Å²) in [7, 11) is 0. The van der Waals surface area contributed by atoms with Gasteiger partial charge in [-0.15, -0.1) is 5.10 Å². The fourth-order valence-electron chi connectivity index (χ4n) is 3.22. The number of nitrogen functional groups attached to an aromatic ring is 1. The number of benzene rings is 1. The monoisotopic (exact) mass is 399 g/mol. The molecule has 0 spiro atoms. The van der Waals surface area contributed by atoms with Crippen LogP contribution in [0.4, 0.5) is 5.95 Å². The maximum atomic E-state index is 12.8. The smallest absolute Gasteiger partial charge is 0.270 e. The van der Waals surface area contributed by atoms with Gasteiger partial charge in [0.15, 0.2) is 11.4 Å². The summed E-state index contributed by atoms with van der Waals surface area (Å²) in [5.41, 5.74) is 8.34. The number of carbonyl (C=O) groups excluding carboxylic acids is 1. The van der Waals surface area contributed by atoms with Crippen LogP contribution >= 0.6 is 0 Å². The Morgan fingerprint density at radius 3 is 2.87 bits per heavy atom. The van der Waals surface area contributed by atoms with E-state index in [4.69, 9.17) is 10.2 Å². The highest BCUT2D eigenvalue weighted by atomic mass is 16.3. The van der Waals surface area contributed by atoms with Crippen molar-refractivity contribution in [2.45, 2.75) is 13.0 Å². The van der Waals surface area contributed by atoms with Gasteiger partial charge in [0.2, 0.25) is 11.8 Å². The molecule has 0 aliphatic rings. The van der Waals surface area contributed by atoms with Crippen LogP contribution in [0, 0.1) is 0 Å². The van der Waals surface area contributed by atoms with E-state index in [1.807, 2.05) is 37.3 Å². The average molecular weight is 399 g/mol. The number of nitrogens with two attached hydrogens (primary N) is 1. The van der Waals surface area contributed by atoms with Crippen LogP contribution in [0.2, 0.25) is 0 Å². The predicted octanol–water partition coefficient (Wildman–Crippen LogP) is 3.01. The lowest BCUT2D eigenvalue weighted by Crippen LogP contribution is -2.28. The Morgan fingerprint density at radius 1 is 1.17 bits per heavy atom. The van der Waals surface area contributed by atoms with E-state index in [0.717, 1.165) is 16.5 Å². The van der Waals surface area contributed by atoms with E-state index >= 15 is 0 Å². The van der Waals surface area contributed by atoms with E-state index in [9.17, 15) is 4.79 Å². The van der Waals surface area contributed by atoms with Crippen LogP contribution in [0.25, 0.3) is 28.1 Å². The molecule has 0 aliphatic heterocycles. The number of nitrogens with zero attached hydrogens (tertiary/aromatic N) is 5. The van der Waals surface area contributed by atoms with Crippen molar-refractivity contribution < 1.29 is 9.21 Å². The Hall–Kier alpha value is -4.27. The van der Waals surface area contributed by atoms with Crippen molar-refractivity contribution in [2.24, 2.45) is 0 Å². The number of nitrogens with one attached hydrogen (secondary N) is 1. The van der Waals surface area contributed by atoms with E-state index in [0.29, 0.717) is 17.2 Å². The van der Waals surface area contributed by atoms with Crippen LogP contribution in [0.15, 0.2) is 65.4 Å². The normalized spacial score (nSPS) is 12.3. The van der Waals surface area contributed by atoms with Gasteiger partial charge < -0.3 is 15.5 Å². The Balaban J connectivity index is 1.42. The van der Waals surface area contributed by atoms with Crippen molar-refractivity contribution in [3.8, 4) is 11.6 Å². The molecule has 4 aromatic heterocycles. The Kier molecular flexibility index (Phi) is 4.13. The molecule has 9 heteroatoms. The molecule has 0 fully saturated rings. The van der Waals surface area contributed by atoms with Gasteiger partial charge in [0.25, 0.3) is 5.91 Å². The second-order valence-corrected chi connectivity index (χ2v) is 6.84. The second-order valence-electron chi connectivity index (χ2n) is 6.84. The van der Waals surface area contributed by atoms with Crippen LogP contribution in [-0.2, 0) is 0 Å². The third-order valence-electron chi connectivity index (χ3n) is 4.78. The maximum absolute atomic E-state index is 12.8. The molecule has 1 unspecified atom stereocenters. The largest absolute Gasteiger partial charge is 0.461 e. The van der Waals surface area contributed by atoms with E-state index in [-0.39, 0.29) is 23.6 Å². The number of furan rings is 1. The average Bonchev–Trinajstić information content (AvgIpc) is 3.43. The summed E-state index contributed by atoms with van der Waals surface area (Å²) in [4.78, 5) is 25.8. The second kappa shape index (κ2) is 6.96. The number of aromatic nitrogens is 5.